The minimum absolute atomic E-state index is 0.0936. The van der Waals surface area contributed by atoms with Crippen molar-refractivity contribution < 1.29 is 9.53 Å². The van der Waals surface area contributed by atoms with Crippen LogP contribution in [0.5, 0.6) is 5.75 Å². The fraction of sp³-hybridized carbons (Fsp3) is 0.533. The van der Waals surface area contributed by atoms with E-state index in [0.29, 0.717) is 0 Å². The number of hydrogen-bond acceptors (Lipinski definition) is 3. The van der Waals surface area contributed by atoms with E-state index < -0.39 is 0 Å². The largest absolute Gasteiger partial charge is 0.482 e. The highest BCUT2D eigenvalue weighted by atomic mass is 16.5. The summed E-state index contributed by atoms with van der Waals surface area (Å²) in [6, 6.07) is 5.92. The molecule has 0 unspecified atom stereocenters. The molecule has 104 valence electrons. The molecule has 4 heteroatoms. The van der Waals surface area contributed by atoms with Crippen molar-refractivity contribution in [3.63, 3.8) is 0 Å². The quantitative estimate of drug-likeness (QED) is 0.857. The second-order valence-corrected chi connectivity index (χ2v) is 5.65. The van der Waals surface area contributed by atoms with E-state index in [9.17, 15) is 4.79 Å². The van der Waals surface area contributed by atoms with Crippen LogP contribution >= 0.6 is 0 Å². The maximum absolute atomic E-state index is 11.3. The standard InChI is InChI=1S/C15H22N2O2/c1-4-7-15(2,3)16-9-11-5-6-13-12(8-11)17-14(18)10-19-13/h5-6,8,16H,4,7,9-10H2,1-3H3,(H,17,18). The predicted octanol–water partition coefficient (Wildman–Crippen LogP) is 2.69. The van der Waals surface area contributed by atoms with Gasteiger partial charge in [-0.15, -0.1) is 0 Å². The molecule has 0 aliphatic carbocycles. The molecular formula is C15H22N2O2. The zero-order valence-electron chi connectivity index (χ0n) is 11.9. The van der Waals surface area contributed by atoms with Crippen molar-refractivity contribution >= 4 is 11.6 Å². The topological polar surface area (TPSA) is 50.4 Å². The first-order valence-corrected chi connectivity index (χ1v) is 6.81. The van der Waals surface area contributed by atoms with Crippen LogP contribution in [0.25, 0.3) is 0 Å². The summed E-state index contributed by atoms with van der Waals surface area (Å²) in [5.74, 6) is 0.653. The molecule has 0 radical (unpaired) electrons. The molecule has 1 heterocycles. The summed E-state index contributed by atoms with van der Waals surface area (Å²) in [6.07, 6.45) is 2.30. The third kappa shape index (κ3) is 3.70. The van der Waals surface area contributed by atoms with Crippen LogP contribution in [0.2, 0.25) is 0 Å². The Morgan fingerprint density at radius 3 is 2.95 bits per heavy atom. The number of hydrogen-bond donors (Lipinski definition) is 2. The Bertz CT molecular complexity index is 469. The van der Waals surface area contributed by atoms with Gasteiger partial charge in [0.25, 0.3) is 5.91 Å². The maximum atomic E-state index is 11.3. The van der Waals surface area contributed by atoms with Gasteiger partial charge in [0.1, 0.15) is 5.75 Å². The number of carbonyl (C=O) groups excluding carboxylic acids is 1. The second-order valence-electron chi connectivity index (χ2n) is 5.65. The van der Waals surface area contributed by atoms with Gasteiger partial charge in [-0.3, -0.25) is 4.79 Å². The van der Waals surface area contributed by atoms with Gasteiger partial charge in [-0.1, -0.05) is 19.4 Å². The molecule has 1 aliphatic rings. The third-order valence-corrected chi connectivity index (χ3v) is 3.32. The molecular weight excluding hydrogens is 240 g/mol. The first-order valence-electron chi connectivity index (χ1n) is 6.81. The van der Waals surface area contributed by atoms with E-state index in [1.807, 2.05) is 18.2 Å². The number of rotatable bonds is 5. The van der Waals surface area contributed by atoms with E-state index in [4.69, 9.17) is 4.74 Å². The summed E-state index contributed by atoms with van der Waals surface area (Å²) in [5, 5.41) is 6.37. The Morgan fingerprint density at radius 2 is 2.21 bits per heavy atom. The summed E-state index contributed by atoms with van der Waals surface area (Å²) >= 11 is 0. The zero-order chi connectivity index (χ0) is 13.9. The normalized spacial score (nSPS) is 14.6. The lowest BCUT2D eigenvalue weighted by Gasteiger charge is -2.26. The van der Waals surface area contributed by atoms with Crippen molar-refractivity contribution in [3.8, 4) is 5.75 Å². The average Bonchev–Trinajstić information content (AvgIpc) is 2.36. The van der Waals surface area contributed by atoms with Gasteiger partial charge in [0.05, 0.1) is 5.69 Å². The van der Waals surface area contributed by atoms with Gasteiger partial charge in [-0.2, -0.15) is 0 Å². The van der Waals surface area contributed by atoms with Gasteiger partial charge in [0.15, 0.2) is 6.61 Å². The van der Waals surface area contributed by atoms with Gasteiger partial charge in [0.2, 0.25) is 0 Å². The molecule has 0 fully saturated rings. The number of carbonyl (C=O) groups is 1. The van der Waals surface area contributed by atoms with Crippen LogP contribution in [0.3, 0.4) is 0 Å². The van der Waals surface area contributed by atoms with Gasteiger partial charge < -0.3 is 15.4 Å². The van der Waals surface area contributed by atoms with Crippen LogP contribution < -0.4 is 15.4 Å². The fourth-order valence-corrected chi connectivity index (χ4v) is 2.29. The van der Waals surface area contributed by atoms with Crippen LogP contribution in [0.4, 0.5) is 5.69 Å². The highest BCUT2D eigenvalue weighted by molar-refractivity contribution is 5.95. The number of fused-ring (bicyclic) bond motifs is 1. The van der Waals surface area contributed by atoms with Crippen LogP contribution in [0.15, 0.2) is 18.2 Å². The van der Waals surface area contributed by atoms with E-state index in [1.165, 1.54) is 0 Å². The van der Waals surface area contributed by atoms with Crippen molar-refractivity contribution in [1.29, 1.82) is 0 Å². The molecule has 1 aromatic carbocycles. The lowest BCUT2D eigenvalue weighted by molar-refractivity contribution is -0.118. The number of nitrogens with one attached hydrogen (secondary N) is 2. The monoisotopic (exact) mass is 262 g/mol. The second kappa shape index (κ2) is 5.61. The van der Waals surface area contributed by atoms with Crippen molar-refractivity contribution in [2.75, 3.05) is 11.9 Å². The minimum Gasteiger partial charge on any atom is -0.482 e. The van der Waals surface area contributed by atoms with E-state index in [0.717, 1.165) is 36.4 Å². The number of ether oxygens (including phenoxy) is 1. The molecule has 1 aliphatic heterocycles. The minimum atomic E-state index is -0.0936. The molecule has 0 bridgehead atoms. The number of benzene rings is 1. The van der Waals surface area contributed by atoms with Crippen molar-refractivity contribution in [2.24, 2.45) is 0 Å². The smallest absolute Gasteiger partial charge is 0.262 e. The highest BCUT2D eigenvalue weighted by Gasteiger charge is 2.18. The molecule has 0 atom stereocenters. The lowest BCUT2D eigenvalue weighted by atomic mass is 9.98. The Labute approximate surface area is 114 Å². The number of anilines is 1. The molecule has 0 saturated heterocycles. The average molecular weight is 262 g/mol. The fourth-order valence-electron chi connectivity index (χ4n) is 2.29. The van der Waals surface area contributed by atoms with E-state index in [1.54, 1.807) is 0 Å². The zero-order valence-corrected chi connectivity index (χ0v) is 11.9. The Balaban J connectivity index is 2.02. The highest BCUT2D eigenvalue weighted by Crippen LogP contribution is 2.28. The molecule has 1 aromatic rings. The summed E-state index contributed by atoms with van der Waals surface area (Å²) in [7, 11) is 0. The molecule has 0 saturated carbocycles. The van der Waals surface area contributed by atoms with E-state index >= 15 is 0 Å². The molecule has 19 heavy (non-hydrogen) atoms. The van der Waals surface area contributed by atoms with Gasteiger partial charge in [-0.25, -0.2) is 0 Å². The Morgan fingerprint density at radius 1 is 1.42 bits per heavy atom. The molecule has 0 aromatic heterocycles. The summed E-state index contributed by atoms with van der Waals surface area (Å²) in [5.41, 5.74) is 2.04. The molecule has 2 N–H and O–H groups in total. The summed E-state index contributed by atoms with van der Waals surface area (Å²) < 4.78 is 5.34. The van der Waals surface area contributed by atoms with Gasteiger partial charge in [-0.05, 0) is 38.0 Å². The molecule has 1 amide bonds. The van der Waals surface area contributed by atoms with Crippen molar-refractivity contribution in [3.05, 3.63) is 23.8 Å². The molecule has 2 rings (SSSR count). The lowest BCUT2D eigenvalue weighted by Crippen LogP contribution is -2.38. The summed E-state index contributed by atoms with van der Waals surface area (Å²) in [4.78, 5) is 11.3. The Kier molecular flexibility index (Phi) is 4.10. The number of amides is 1. The van der Waals surface area contributed by atoms with Crippen molar-refractivity contribution in [2.45, 2.75) is 45.7 Å². The molecule has 0 spiro atoms. The summed E-state index contributed by atoms with van der Waals surface area (Å²) in [6.45, 7) is 7.50. The predicted molar refractivity (Wildman–Crippen MR) is 76.4 cm³/mol. The van der Waals surface area contributed by atoms with Crippen LogP contribution in [0, 0.1) is 0 Å². The van der Waals surface area contributed by atoms with Crippen LogP contribution in [0.1, 0.15) is 39.2 Å². The maximum Gasteiger partial charge on any atom is 0.262 e. The van der Waals surface area contributed by atoms with Crippen LogP contribution in [-0.4, -0.2) is 18.1 Å². The SMILES string of the molecule is CCCC(C)(C)NCc1ccc2c(c1)NC(=O)CO2. The third-order valence-electron chi connectivity index (χ3n) is 3.32. The van der Waals surface area contributed by atoms with Gasteiger partial charge >= 0.3 is 0 Å². The van der Waals surface area contributed by atoms with Gasteiger partial charge in [0, 0.05) is 12.1 Å². The Hall–Kier alpha value is -1.55. The van der Waals surface area contributed by atoms with E-state index in [-0.39, 0.29) is 18.1 Å². The first kappa shape index (κ1) is 13.9. The van der Waals surface area contributed by atoms with Crippen molar-refractivity contribution in [1.82, 2.24) is 5.32 Å². The van der Waals surface area contributed by atoms with E-state index in [2.05, 4.69) is 31.4 Å². The molecule has 4 nitrogen and oxygen atoms in total. The first-order chi connectivity index (χ1) is 9.00. The van der Waals surface area contributed by atoms with Crippen LogP contribution in [-0.2, 0) is 11.3 Å².